The summed E-state index contributed by atoms with van der Waals surface area (Å²) in [6.07, 6.45) is 0. The zero-order valence-electron chi connectivity index (χ0n) is 38.0. The molecule has 0 fully saturated rings. The molecule has 0 atom stereocenters. The Balaban J connectivity index is 1.000. The van der Waals surface area contributed by atoms with Crippen molar-refractivity contribution in [2.75, 3.05) is 4.90 Å². The van der Waals surface area contributed by atoms with Gasteiger partial charge in [0.2, 0.25) is 0 Å². The Labute approximate surface area is 404 Å². The minimum Gasteiger partial charge on any atom is -0.456 e. The molecule has 0 spiro atoms. The second-order valence-corrected chi connectivity index (χ2v) is 18.0. The van der Waals surface area contributed by atoms with Gasteiger partial charge in [0.1, 0.15) is 22.3 Å². The van der Waals surface area contributed by atoms with Crippen LogP contribution in [0.2, 0.25) is 0 Å². The summed E-state index contributed by atoms with van der Waals surface area (Å²) in [5, 5.41) is 6.80. The summed E-state index contributed by atoms with van der Waals surface area (Å²) in [7, 11) is 0. The second-order valence-electron chi connectivity index (χ2n) is 18.0. The Morgan fingerprint density at radius 2 is 0.843 bits per heavy atom. The molecule has 0 aliphatic heterocycles. The van der Waals surface area contributed by atoms with Gasteiger partial charge in [-0.05, 0) is 112 Å². The normalized spacial score (nSPS) is 11.7. The van der Waals surface area contributed by atoms with Gasteiger partial charge in [-0.25, -0.2) is 0 Å². The Bertz CT molecular complexity index is 4240. The molecular formula is C66H42N2O2. The Hall–Kier alpha value is -9.38. The standard InChI is InChI=1S/C66H42N2O2/c1-3-17-43(18-4-1)46-35-39-59(56(42-46)44-19-5-2-6-20-44)67(48-36-33-45(34-37-48)50-27-16-32-63-64(50)54-25-9-13-30-61(54)69-63)60-40-38-51(66-65(60)55-26-10-14-31-62(55)70-66)47-21-15-22-49(41-47)68-57-28-11-7-23-52(57)53-24-8-12-29-58(53)68/h1-42H. The number of hydrogen-bond acceptors (Lipinski definition) is 3. The second kappa shape index (κ2) is 16.2. The fraction of sp³-hybridized carbons (Fsp3) is 0. The number of furan rings is 2. The van der Waals surface area contributed by atoms with E-state index >= 15 is 0 Å². The summed E-state index contributed by atoms with van der Waals surface area (Å²) < 4.78 is 15.8. The first-order valence-corrected chi connectivity index (χ1v) is 23.8. The minimum atomic E-state index is 0.834. The largest absolute Gasteiger partial charge is 0.456 e. The first-order chi connectivity index (χ1) is 34.7. The van der Waals surface area contributed by atoms with Crippen LogP contribution >= 0.6 is 0 Å². The fourth-order valence-corrected chi connectivity index (χ4v) is 10.8. The van der Waals surface area contributed by atoms with Gasteiger partial charge in [0, 0.05) is 49.4 Å². The highest BCUT2D eigenvalue weighted by molar-refractivity contribution is 6.18. The number of anilines is 3. The van der Waals surface area contributed by atoms with Crippen molar-refractivity contribution in [3.63, 3.8) is 0 Å². The summed E-state index contributed by atoms with van der Waals surface area (Å²) >= 11 is 0. The van der Waals surface area contributed by atoms with E-state index in [0.29, 0.717) is 0 Å². The van der Waals surface area contributed by atoms with Gasteiger partial charge in [-0.2, -0.15) is 0 Å². The van der Waals surface area contributed by atoms with Gasteiger partial charge < -0.3 is 18.3 Å². The number of fused-ring (bicyclic) bond motifs is 9. The molecule has 0 saturated heterocycles. The lowest BCUT2D eigenvalue weighted by molar-refractivity contribution is 0.669. The molecule has 0 aliphatic rings. The smallest absolute Gasteiger partial charge is 0.145 e. The highest BCUT2D eigenvalue weighted by Gasteiger charge is 2.25. The summed E-state index contributed by atoms with van der Waals surface area (Å²) in [5.74, 6) is 0. The Morgan fingerprint density at radius 3 is 1.57 bits per heavy atom. The number of benzene rings is 11. The summed E-state index contributed by atoms with van der Waals surface area (Å²) in [4.78, 5) is 2.43. The molecule has 14 rings (SSSR count). The predicted octanol–water partition coefficient (Wildman–Crippen LogP) is 18.7. The van der Waals surface area contributed by atoms with Crippen LogP contribution in [-0.2, 0) is 0 Å². The van der Waals surface area contributed by atoms with Crippen molar-refractivity contribution in [2.45, 2.75) is 0 Å². The third-order valence-corrected chi connectivity index (χ3v) is 14.0. The number of aromatic nitrogens is 1. The quantitative estimate of drug-likeness (QED) is 0.152. The molecule has 0 aliphatic carbocycles. The third kappa shape index (κ3) is 6.38. The van der Waals surface area contributed by atoms with Crippen molar-refractivity contribution in [3.05, 3.63) is 255 Å². The Morgan fingerprint density at radius 1 is 0.300 bits per heavy atom. The molecule has 3 heterocycles. The Kier molecular flexibility index (Phi) is 9.17. The topological polar surface area (TPSA) is 34.5 Å². The van der Waals surface area contributed by atoms with Crippen molar-refractivity contribution in [2.24, 2.45) is 0 Å². The van der Waals surface area contributed by atoms with E-state index < -0.39 is 0 Å². The van der Waals surface area contributed by atoms with Gasteiger partial charge in [-0.3, -0.25) is 0 Å². The molecule has 4 nitrogen and oxygen atoms in total. The van der Waals surface area contributed by atoms with E-state index in [2.05, 4.69) is 252 Å². The maximum atomic E-state index is 7.07. The van der Waals surface area contributed by atoms with Gasteiger partial charge in [0.25, 0.3) is 0 Å². The number of hydrogen-bond donors (Lipinski definition) is 0. The van der Waals surface area contributed by atoms with Crippen LogP contribution in [0, 0.1) is 0 Å². The van der Waals surface area contributed by atoms with Crippen molar-refractivity contribution in [3.8, 4) is 50.2 Å². The molecule has 0 saturated carbocycles. The van der Waals surface area contributed by atoms with Crippen molar-refractivity contribution in [1.29, 1.82) is 0 Å². The van der Waals surface area contributed by atoms with E-state index in [0.717, 1.165) is 106 Å². The summed E-state index contributed by atoms with van der Waals surface area (Å²) in [6.45, 7) is 0. The average Bonchev–Trinajstić information content (AvgIpc) is 4.12. The van der Waals surface area contributed by atoms with Gasteiger partial charge in [0.05, 0.1) is 27.8 Å². The maximum Gasteiger partial charge on any atom is 0.145 e. The van der Waals surface area contributed by atoms with Crippen LogP contribution in [0.15, 0.2) is 264 Å². The molecule has 70 heavy (non-hydrogen) atoms. The average molecular weight is 895 g/mol. The molecule has 328 valence electrons. The summed E-state index contributed by atoms with van der Waals surface area (Å²) in [5.41, 5.74) is 18.9. The fourth-order valence-electron chi connectivity index (χ4n) is 10.8. The van der Waals surface area contributed by atoms with Crippen LogP contribution in [0.4, 0.5) is 17.1 Å². The third-order valence-electron chi connectivity index (χ3n) is 14.0. The van der Waals surface area contributed by atoms with Gasteiger partial charge in [-0.15, -0.1) is 0 Å². The van der Waals surface area contributed by atoms with E-state index in [1.54, 1.807) is 0 Å². The first-order valence-electron chi connectivity index (χ1n) is 23.8. The van der Waals surface area contributed by atoms with E-state index in [-0.39, 0.29) is 0 Å². The minimum absolute atomic E-state index is 0.834. The van der Waals surface area contributed by atoms with E-state index in [9.17, 15) is 0 Å². The molecule has 11 aromatic carbocycles. The van der Waals surface area contributed by atoms with Crippen LogP contribution in [-0.4, -0.2) is 4.57 Å². The van der Waals surface area contributed by atoms with Crippen LogP contribution in [0.1, 0.15) is 0 Å². The van der Waals surface area contributed by atoms with Crippen LogP contribution in [0.5, 0.6) is 0 Å². The molecular weight excluding hydrogens is 853 g/mol. The maximum absolute atomic E-state index is 7.07. The van der Waals surface area contributed by atoms with E-state index in [1.807, 2.05) is 12.1 Å². The van der Waals surface area contributed by atoms with Crippen LogP contribution < -0.4 is 4.90 Å². The van der Waals surface area contributed by atoms with Crippen molar-refractivity contribution < 1.29 is 8.83 Å². The van der Waals surface area contributed by atoms with Gasteiger partial charge in [-0.1, -0.05) is 176 Å². The molecule has 0 bridgehead atoms. The number of nitrogens with zero attached hydrogens (tertiary/aromatic N) is 2. The predicted molar refractivity (Wildman–Crippen MR) is 292 cm³/mol. The lowest BCUT2D eigenvalue weighted by Gasteiger charge is -2.29. The molecule has 0 unspecified atom stereocenters. The number of rotatable bonds is 8. The number of para-hydroxylation sites is 4. The van der Waals surface area contributed by atoms with E-state index in [1.165, 1.54) is 27.4 Å². The molecule has 14 aromatic rings. The highest BCUT2D eigenvalue weighted by Crippen LogP contribution is 2.50. The van der Waals surface area contributed by atoms with Gasteiger partial charge in [0.15, 0.2) is 0 Å². The summed E-state index contributed by atoms with van der Waals surface area (Å²) in [6, 6.07) is 91.1. The monoisotopic (exact) mass is 894 g/mol. The lowest BCUT2D eigenvalue weighted by Crippen LogP contribution is -2.12. The first kappa shape index (κ1) is 39.8. The van der Waals surface area contributed by atoms with Crippen LogP contribution in [0.25, 0.3) is 116 Å². The molecule has 0 radical (unpaired) electrons. The zero-order valence-corrected chi connectivity index (χ0v) is 38.0. The lowest BCUT2D eigenvalue weighted by atomic mass is 9.95. The molecule has 0 N–H and O–H groups in total. The zero-order chi connectivity index (χ0) is 46.1. The molecule has 3 aromatic heterocycles. The van der Waals surface area contributed by atoms with Crippen molar-refractivity contribution >= 4 is 82.7 Å². The van der Waals surface area contributed by atoms with Crippen LogP contribution in [0.3, 0.4) is 0 Å². The SMILES string of the molecule is c1ccc(-c2ccc(N(c3ccc(-c4cccc5oc6ccccc6c45)cc3)c3ccc(-c4cccc(-n5c6ccccc6c6ccccc65)c4)c4oc5ccccc5c34)c(-c3ccccc3)c2)cc1. The van der Waals surface area contributed by atoms with Crippen molar-refractivity contribution in [1.82, 2.24) is 4.57 Å². The molecule has 4 heteroatoms. The van der Waals surface area contributed by atoms with Gasteiger partial charge >= 0.3 is 0 Å². The van der Waals surface area contributed by atoms with E-state index in [4.69, 9.17) is 8.83 Å². The highest BCUT2D eigenvalue weighted by atomic mass is 16.3. The molecule has 0 amide bonds.